The summed E-state index contributed by atoms with van der Waals surface area (Å²) in [6, 6.07) is 0. The second kappa shape index (κ2) is 11.2. The van der Waals surface area contributed by atoms with Crippen LogP contribution in [0.4, 0.5) is 0 Å². The number of unbranched alkanes of at least 4 members (excludes halogenated alkanes) is 1. The Kier molecular flexibility index (Phi) is 10.8. The first-order valence-electron chi connectivity index (χ1n) is 7.33. The molecule has 0 rings (SSSR count). The molecular weight excluding hydrogens is 244 g/mol. The van der Waals surface area contributed by atoms with Gasteiger partial charge in [-0.2, -0.15) is 0 Å². The molecule has 0 aliphatic rings. The monoisotopic (exact) mass is 274 g/mol. The summed E-state index contributed by atoms with van der Waals surface area (Å²) in [7, 11) is 0. The minimum atomic E-state index is -0.772. The highest BCUT2D eigenvalue weighted by Gasteiger charge is 2.15. The molecule has 0 aromatic rings. The Bertz CT molecular complexity index is 233. The van der Waals surface area contributed by atoms with Crippen molar-refractivity contribution in [2.45, 2.75) is 33.6 Å². The molecule has 19 heavy (non-hydrogen) atoms. The Labute approximate surface area is 117 Å². The first-order chi connectivity index (χ1) is 9.04. The van der Waals surface area contributed by atoms with Crippen LogP contribution in [-0.2, 0) is 4.79 Å². The second-order valence-electron chi connectivity index (χ2n) is 5.00. The van der Waals surface area contributed by atoms with E-state index in [0.29, 0.717) is 13.1 Å². The molecule has 0 fully saturated rings. The minimum Gasteiger partial charge on any atom is -0.481 e. The van der Waals surface area contributed by atoms with E-state index < -0.39 is 5.97 Å². The zero-order chi connectivity index (χ0) is 14.7. The second-order valence-corrected chi connectivity index (χ2v) is 5.00. The molecule has 5 nitrogen and oxygen atoms in total. The number of rotatable bonds is 12. The standard InChI is InChI=1S/C14H30N2O3/c1-4-15(5-2)8-6-7-9-16(10-11-17)12-13(3)14(18)19/h13,17H,4-12H2,1-3H3,(H,18,19). The minimum absolute atomic E-state index is 0.0857. The van der Waals surface area contributed by atoms with Gasteiger partial charge in [-0.3, -0.25) is 4.79 Å². The molecule has 0 amide bonds. The lowest BCUT2D eigenvalue weighted by molar-refractivity contribution is -0.141. The number of carboxylic acid groups (broad SMARTS) is 1. The molecule has 0 spiro atoms. The molecule has 0 aliphatic heterocycles. The molecule has 0 saturated heterocycles. The van der Waals surface area contributed by atoms with Crippen LogP contribution in [-0.4, -0.2) is 71.9 Å². The van der Waals surface area contributed by atoms with Crippen LogP contribution in [0.2, 0.25) is 0 Å². The van der Waals surface area contributed by atoms with Crippen LogP contribution in [0.25, 0.3) is 0 Å². The highest BCUT2D eigenvalue weighted by atomic mass is 16.4. The van der Waals surface area contributed by atoms with Gasteiger partial charge in [0.05, 0.1) is 12.5 Å². The van der Waals surface area contributed by atoms with Gasteiger partial charge in [0, 0.05) is 13.1 Å². The summed E-state index contributed by atoms with van der Waals surface area (Å²) in [5.41, 5.74) is 0. The first kappa shape index (κ1) is 18.4. The Balaban J connectivity index is 3.91. The van der Waals surface area contributed by atoms with Crippen molar-refractivity contribution in [1.29, 1.82) is 0 Å². The van der Waals surface area contributed by atoms with Crippen LogP contribution < -0.4 is 0 Å². The molecule has 1 atom stereocenters. The van der Waals surface area contributed by atoms with Crippen molar-refractivity contribution in [3.63, 3.8) is 0 Å². The van der Waals surface area contributed by atoms with Crippen LogP contribution in [0.5, 0.6) is 0 Å². The normalized spacial score (nSPS) is 13.2. The third-order valence-electron chi connectivity index (χ3n) is 3.46. The van der Waals surface area contributed by atoms with Gasteiger partial charge >= 0.3 is 5.97 Å². The molecule has 0 aliphatic carbocycles. The Hall–Kier alpha value is -0.650. The molecule has 1 unspecified atom stereocenters. The Morgan fingerprint density at radius 1 is 1.05 bits per heavy atom. The summed E-state index contributed by atoms with van der Waals surface area (Å²) in [6.07, 6.45) is 2.16. The molecule has 0 radical (unpaired) electrons. The highest BCUT2D eigenvalue weighted by Crippen LogP contribution is 2.03. The van der Waals surface area contributed by atoms with Crippen molar-refractivity contribution in [2.24, 2.45) is 5.92 Å². The molecule has 2 N–H and O–H groups in total. The van der Waals surface area contributed by atoms with E-state index in [9.17, 15) is 4.79 Å². The van der Waals surface area contributed by atoms with E-state index in [1.165, 1.54) is 0 Å². The fourth-order valence-electron chi connectivity index (χ4n) is 2.11. The van der Waals surface area contributed by atoms with Gasteiger partial charge in [-0.15, -0.1) is 0 Å². The van der Waals surface area contributed by atoms with Crippen molar-refractivity contribution < 1.29 is 15.0 Å². The van der Waals surface area contributed by atoms with Gasteiger partial charge in [0.25, 0.3) is 0 Å². The maximum Gasteiger partial charge on any atom is 0.307 e. The van der Waals surface area contributed by atoms with Gasteiger partial charge in [-0.1, -0.05) is 20.8 Å². The number of aliphatic hydroxyl groups is 1. The quantitative estimate of drug-likeness (QED) is 0.522. The van der Waals surface area contributed by atoms with Crippen molar-refractivity contribution in [2.75, 3.05) is 45.9 Å². The number of aliphatic carboxylic acids is 1. The Morgan fingerprint density at radius 2 is 1.58 bits per heavy atom. The first-order valence-corrected chi connectivity index (χ1v) is 7.33. The van der Waals surface area contributed by atoms with E-state index in [1.54, 1.807) is 6.92 Å². The average Bonchev–Trinajstić information content (AvgIpc) is 2.38. The van der Waals surface area contributed by atoms with Crippen LogP contribution in [0, 0.1) is 5.92 Å². The molecule has 114 valence electrons. The number of hydrogen-bond acceptors (Lipinski definition) is 4. The largest absolute Gasteiger partial charge is 0.481 e. The average molecular weight is 274 g/mol. The summed E-state index contributed by atoms with van der Waals surface area (Å²) in [5, 5.41) is 17.9. The van der Waals surface area contributed by atoms with E-state index in [0.717, 1.165) is 39.0 Å². The van der Waals surface area contributed by atoms with Crippen molar-refractivity contribution >= 4 is 5.97 Å². The van der Waals surface area contributed by atoms with Gasteiger partial charge in [0.1, 0.15) is 0 Å². The van der Waals surface area contributed by atoms with Crippen LogP contribution >= 0.6 is 0 Å². The third-order valence-corrected chi connectivity index (χ3v) is 3.46. The fraction of sp³-hybridized carbons (Fsp3) is 0.929. The summed E-state index contributed by atoms with van der Waals surface area (Å²) >= 11 is 0. The number of carboxylic acids is 1. The summed E-state index contributed by atoms with van der Waals surface area (Å²) in [5.74, 6) is -1.15. The van der Waals surface area contributed by atoms with Crippen LogP contribution in [0.3, 0.4) is 0 Å². The zero-order valence-electron chi connectivity index (χ0n) is 12.6. The van der Waals surface area contributed by atoms with E-state index >= 15 is 0 Å². The van der Waals surface area contributed by atoms with E-state index in [2.05, 4.69) is 18.7 Å². The molecule has 0 saturated carbocycles. The molecule has 0 aromatic heterocycles. The number of hydrogen-bond donors (Lipinski definition) is 2. The number of nitrogens with zero attached hydrogens (tertiary/aromatic N) is 2. The predicted octanol–water partition coefficient (Wildman–Crippen LogP) is 1.12. The summed E-state index contributed by atoms with van der Waals surface area (Å²) in [6.45, 7) is 11.3. The molecule has 5 heteroatoms. The van der Waals surface area contributed by atoms with Gasteiger partial charge in [-0.05, 0) is 39.0 Å². The van der Waals surface area contributed by atoms with E-state index in [4.69, 9.17) is 10.2 Å². The fourth-order valence-corrected chi connectivity index (χ4v) is 2.11. The molecule has 0 aromatic carbocycles. The molecule has 0 heterocycles. The van der Waals surface area contributed by atoms with E-state index in [-0.39, 0.29) is 12.5 Å². The predicted molar refractivity (Wildman–Crippen MR) is 77.3 cm³/mol. The van der Waals surface area contributed by atoms with Gasteiger partial charge in [-0.25, -0.2) is 0 Å². The number of aliphatic hydroxyl groups excluding tert-OH is 1. The van der Waals surface area contributed by atoms with Crippen LogP contribution in [0.15, 0.2) is 0 Å². The lowest BCUT2D eigenvalue weighted by atomic mass is 10.1. The maximum atomic E-state index is 10.8. The number of carbonyl (C=O) groups is 1. The lowest BCUT2D eigenvalue weighted by Gasteiger charge is -2.24. The molecule has 0 bridgehead atoms. The van der Waals surface area contributed by atoms with Crippen molar-refractivity contribution in [3.05, 3.63) is 0 Å². The summed E-state index contributed by atoms with van der Waals surface area (Å²) in [4.78, 5) is 15.3. The van der Waals surface area contributed by atoms with Gasteiger partial charge in [0.15, 0.2) is 0 Å². The van der Waals surface area contributed by atoms with Crippen LogP contribution in [0.1, 0.15) is 33.6 Å². The van der Waals surface area contributed by atoms with Gasteiger partial charge < -0.3 is 20.0 Å². The van der Waals surface area contributed by atoms with E-state index in [1.807, 2.05) is 4.90 Å². The highest BCUT2D eigenvalue weighted by molar-refractivity contribution is 5.69. The lowest BCUT2D eigenvalue weighted by Crippen LogP contribution is -2.35. The third kappa shape index (κ3) is 8.97. The zero-order valence-corrected chi connectivity index (χ0v) is 12.6. The summed E-state index contributed by atoms with van der Waals surface area (Å²) < 4.78 is 0. The smallest absolute Gasteiger partial charge is 0.307 e. The molecular formula is C14H30N2O3. The van der Waals surface area contributed by atoms with Crippen molar-refractivity contribution in [3.8, 4) is 0 Å². The van der Waals surface area contributed by atoms with Crippen molar-refractivity contribution in [1.82, 2.24) is 9.80 Å². The Morgan fingerprint density at radius 3 is 2.00 bits per heavy atom. The van der Waals surface area contributed by atoms with Gasteiger partial charge in [0.2, 0.25) is 0 Å². The SMILES string of the molecule is CCN(CC)CCCCN(CCO)CC(C)C(=O)O. The topological polar surface area (TPSA) is 64.0 Å². The maximum absolute atomic E-state index is 10.8.